The number of para-hydroxylation sites is 1. The van der Waals surface area contributed by atoms with Crippen molar-refractivity contribution in [1.29, 1.82) is 0 Å². The number of nitrogens with one attached hydrogen (secondary N) is 2. The number of nitrogens with zero attached hydrogens (tertiary/aromatic N) is 1. The monoisotopic (exact) mass is 427 g/mol. The maximum absolute atomic E-state index is 12.8. The summed E-state index contributed by atoms with van der Waals surface area (Å²) in [6, 6.07) is 19.6. The second-order valence-electron chi connectivity index (χ2n) is 7.10. The molecule has 0 aliphatic carbocycles. The van der Waals surface area contributed by atoms with Crippen molar-refractivity contribution in [2.24, 2.45) is 0 Å². The summed E-state index contributed by atoms with van der Waals surface area (Å²) in [5.74, 6) is -0.302. The van der Waals surface area contributed by atoms with Crippen LogP contribution in [0, 0.1) is 0 Å². The molecule has 32 heavy (non-hydrogen) atoms. The fourth-order valence-electron chi connectivity index (χ4n) is 3.57. The van der Waals surface area contributed by atoms with Crippen molar-refractivity contribution in [2.75, 3.05) is 17.7 Å². The first-order valence-corrected chi connectivity index (χ1v) is 9.91. The van der Waals surface area contributed by atoms with Gasteiger partial charge in [-0.1, -0.05) is 36.4 Å². The Hall–Kier alpha value is -4.39. The van der Waals surface area contributed by atoms with Gasteiger partial charge in [0.05, 0.1) is 18.2 Å². The zero-order valence-corrected chi connectivity index (χ0v) is 17.5. The number of fused-ring (bicyclic) bond motifs is 1. The van der Waals surface area contributed by atoms with Gasteiger partial charge in [-0.2, -0.15) is 0 Å². The van der Waals surface area contributed by atoms with E-state index >= 15 is 0 Å². The number of rotatable bonds is 5. The first-order valence-electron chi connectivity index (χ1n) is 9.91. The van der Waals surface area contributed by atoms with Crippen molar-refractivity contribution >= 4 is 34.1 Å². The van der Waals surface area contributed by atoms with E-state index in [0.29, 0.717) is 28.0 Å². The van der Waals surface area contributed by atoms with Crippen molar-refractivity contribution < 1.29 is 19.4 Å². The molecule has 160 valence electrons. The molecule has 0 spiro atoms. The smallest absolute Gasteiger partial charge is 0.255 e. The largest absolute Gasteiger partial charge is 0.504 e. The predicted octanol–water partition coefficient (Wildman–Crippen LogP) is 4.83. The van der Waals surface area contributed by atoms with Crippen LogP contribution >= 0.6 is 0 Å². The van der Waals surface area contributed by atoms with E-state index in [0.717, 1.165) is 5.56 Å². The first kappa shape index (κ1) is 20.9. The second-order valence-corrected chi connectivity index (χ2v) is 7.10. The molecule has 0 radical (unpaired) electrons. The summed E-state index contributed by atoms with van der Waals surface area (Å²) in [6.45, 7) is 1.35. The summed E-state index contributed by atoms with van der Waals surface area (Å²) in [5, 5.41) is 16.9. The molecule has 0 saturated carbocycles. The van der Waals surface area contributed by atoms with Gasteiger partial charge >= 0.3 is 0 Å². The Labute approximate surface area is 184 Å². The third kappa shape index (κ3) is 3.96. The van der Waals surface area contributed by atoms with Crippen LogP contribution in [0.4, 0.5) is 11.4 Å². The number of carbonyl (C=O) groups is 2. The van der Waals surface area contributed by atoms with Gasteiger partial charge in [0, 0.05) is 36.0 Å². The molecule has 0 fully saturated rings. The van der Waals surface area contributed by atoms with Crippen LogP contribution in [-0.4, -0.2) is 29.0 Å². The van der Waals surface area contributed by atoms with Gasteiger partial charge in [0.2, 0.25) is 5.91 Å². The molecule has 7 nitrogen and oxygen atoms in total. The van der Waals surface area contributed by atoms with Crippen molar-refractivity contribution in [3.63, 3.8) is 0 Å². The van der Waals surface area contributed by atoms with Crippen molar-refractivity contribution in [1.82, 2.24) is 4.98 Å². The van der Waals surface area contributed by atoms with Crippen molar-refractivity contribution in [3.05, 3.63) is 78.5 Å². The van der Waals surface area contributed by atoms with Crippen molar-refractivity contribution in [2.45, 2.75) is 6.92 Å². The molecule has 0 saturated heterocycles. The van der Waals surface area contributed by atoms with Gasteiger partial charge in [-0.25, -0.2) is 0 Å². The normalized spacial score (nSPS) is 10.6. The van der Waals surface area contributed by atoms with Crippen molar-refractivity contribution in [3.8, 4) is 22.6 Å². The average molecular weight is 427 g/mol. The number of hydrogen-bond acceptors (Lipinski definition) is 5. The highest BCUT2D eigenvalue weighted by Crippen LogP contribution is 2.44. The highest BCUT2D eigenvalue weighted by atomic mass is 16.5. The summed E-state index contributed by atoms with van der Waals surface area (Å²) in [4.78, 5) is 28.6. The van der Waals surface area contributed by atoms with Gasteiger partial charge in [-0.3, -0.25) is 14.6 Å². The number of anilines is 2. The van der Waals surface area contributed by atoms with Crippen LogP contribution in [0.5, 0.6) is 11.5 Å². The Bertz CT molecular complexity index is 1320. The number of pyridine rings is 1. The molecule has 7 heteroatoms. The molecule has 0 atom stereocenters. The maximum Gasteiger partial charge on any atom is 0.255 e. The summed E-state index contributed by atoms with van der Waals surface area (Å²) in [6.07, 6.45) is 1.56. The van der Waals surface area contributed by atoms with Crippen LogP contribution < -0.4 is 15.4 Å². The number of phenolic OH excluding ortho intramolecular Hbond substituents is 1. The second kappa shape index (κ2) is 8.77. The van der Waals surface area contributed by atoms with E-state index < -0.39 is 0 Å². The lowest BCUT2D eigenvalue weighted by atomic mass is 9.98. The zero-order valence-electron chi connectivity index (χ0n) is 17.5. The highest BCUT2D eigenvalue weighted by molar-refractivity contribution is 6.10. The Morgan fingerprint density at radius 1 is 0.906 bits per heavy atom. The van der Waals surface area contributed by atoms with Crippen LogP contribution in [0.3, 0.4) is 0 Å². The number of aromatic nitrogens is 1. The number of aromatic hydroxyl groups is 1. The molecule has 3 N–H and O–H groups in total. The van der Waals surface area contributed by atoms with Crippen LogP contribution in [0.25, 0.3) is 22.0 Å². The Morgan fingerprint density at radius 3 is 2.34 bits per heavy atom. The summed E-state index contributed by atoms with van der Waals surface area (Å²) in [7, 11) is 1.50. The minimum atomic E-state index is -0.327. The van der Waals surface area contributed by atoms with Crippen LogP contribution in [0.2, 0.25) is 0 Å². The van der Waals surface area contributed by atoms with E-state index in [2.05, 4.69) is 15.6 Å². The fraction of sp³-hybridized carbons (Fsp3) is 0.0800. The number of carbonyl (C=O) groups excluding carboxylic acids is 2. The van der Waals surface area contributed by atoms with E-state index in [1.54, 1.807) is 48.7 Å². The fourth-order valence-corrected chi connectivity index (χ4v) is 3.57. The van der Waals surface area contributed by atoms with E-state index in [-0.39, 0.29) is 28.8 Å². The number of methoxy groups -OCH3 is 1. The quantitative estimate of drug-likeness (QED) is 0.396. The molecule has 0 unspecified atom stereocenters. The molecule has 3 aromatic carbocycles. The summed E-state index contributed by atoms with van der Waals surface area (Å²) < 4.78 is 5.57. The molecular formula is C25H21N3O4. The molecular weight excluding hydrogens is 406 g/mol. The number of phenols is 1. The standard InChI is InChI=1S/C25H21N3O4/c1-15(29)27-20-14-21(32-2)22-18(12-13-26-23(22)24(20)30)17-10-6-7-11-19(17)28-25(31)16-8-4-3-5-9-16/h3-14,30H,1-2H3,(H,27,29)(H,28,31). The van der Waals surface area contributed by atoms with Gasteiger partial charge < -0.3 is 20.5 Å². The molecule has 4 aromatic rings. The van der Waals surface area contributed by atoms with Gasteiger partial charge in [0.1, 0.15) is 11.3 Å². The third-order valence-electron chi connectivity index (χ3n) is 4.98. The topological polar surface area (TPSA) is 101 Å². The lowest BCUT2D eigenvalue weighted by molar-refractivity contribution is -0.114. The molecule has 2 amide bonds. The lowest BCUT2D eigenvalue weighted by Crippen LogP contribution is -2.12. The molecule has 0 bridgehead atoms. The van der Waals surface area contributed by atoms with Crippen LogP contribution in [0.1, 0.15) is 17.3 Å². The molecule has 4 rings (SSSR count). The van der Waals surface area contributed by atoms with Gasteiger partial charge in [0.15, 0.2) is 5.75 Å². The van der Waals surface area contributed by atoms with E-state index in [1.807, 2.05) is 24.3 Å². The lowest BCUT2D eigenvalue weighted by Gasteiger charge is -2.17. The summed E-state index contributed by atoms with van der Waals surface area (Å²) >= 11 is 0. The SMILES string of the molecule is COc1cc(NC(C)=O)c(O)c2nccc(-c3ccccc3NC(=O)c3ccccc3)c12. The van der Waals surface area contributed by atoms with E-state index in [1.165, 1.54) is 14.0 Å². The molecule has 1 heterocycles. The van der Waals surface area contributed by atoms with Crippen LogP contribution in [-0.2, 0) is 4.79 Å². The Morgan fingerprint density at radius 2 is 1.62 bits per heavy atom. The number of hydrogen-bond donors (Lipinski definition) is 3. The van der Waals surface area contributed by atoms with Crippen LogP contribution in [0.15, 0.2) is 72.9 Å². The Kier molecular flexibility index (Phi) is 5.72. The van der Waals surface area contributed by atoms with E-state index in [9.17, 15) is 14.7 Å². The number of benzene rings is 3. The predicted molar refractivity (Wildman–Crippen MR) is 124 cm³/mol. The molecule has 0 aliphatic rings. The first-order chi connectivity index (χ1) is 15.5. The minimum absolute atomic E-state index is 0.163. The molecule has 1 aromatic heterocycles. The molecule has 0 aliphatic heterocycles. The minimum Gasteiger partial charge on any atom is -0.504 e. The van der Waals surface area contributed by atoms with E-state index in [4.69, 9.17) is 4.74 Å². The van der Waals surface area contributed by atoms with Gasteiger partial charge in [-0.15, -0.1) is 0 Å². The zero-order chi connectivity index (χ0) is 22.7. The maximum atomic E-state index is 12.8. The number of ether oxygens (including phenoxy) is 1. The third-order valence-corrected chi connectivity index (χ3v) is 4.98. The Balaban J connectivity index is 1.87. The summed E-state index contributed by atoms with van der Waals surface area (Å²) in [5.41, 5.74) is 3.06. The number of amides is 2. The average Bonchev–Trinajstić information content (AvgIpc) is 2.81. The van der Waals surface area contributed by atoms with Gasteiger partial charge in [0.25, 0.3) is 5.91 Å². The van der Waals surface area contributed by atoms with Gasteiger partial charge in [-0.05, 0) is 29.8 Å². The highest BCUT2D eigenvalue weighted by Gasteiger charge is 2.20.